The molecule has 0 unspecified atom stereocenters. The van der Waals surface area contributed by atoms with Crippen molar-refractivity contribution in [3.63, 3.8) is 0 Å². The predicted octanol–water partition coefficient (Wildman–Crippen LogP) is 0.759. The molecule has 0 saturated heterocycles. The number of nitrogens with one attached hydrogen (secondary N) is 1. The van der Waals surface area contributed by atoms with Crippen LogP contribution >= 0.6 is 0 Å². The van der Waals surface area contributed by atoms with E-state index in [1.807, 2.05) is 17.6 Å². The van der Waals surface area contributed by atoms with Gasteiger partial charge in [-0.2, -0.15) is 0 Å². The lowest BCUT2D eigenvalue weighted by atomic mass is 10.4. The third kappa shape index (κ3) is 1.25. The summed E-state index contributed by atoms with van der Waals surface area (Å²) in [6, 6.07) is 3.45. The number of aromatic nitrogens is 2. The zero-order chi connectivity index (χ0) is 9.26. The Labute approximate surface area is 75.8 Å². The largest absolute Gasteiger partial charge is 0.506 e. The zero-order valence-corrected chi connectivity index (χ0v) is 7.36. The second-order valence-electron chi connectivity index (χ2n) is 2.85. The molecule has 2 heterocycles. The Hall–Kier alpha value is -1.55. The van der Waals surface area contributed by atoms with Crippen LogP contribution in [0, 0.1) is 0 Å². The second-order valence-corrected chi connectivity index (χ2v) is 2.85. The van der Waals surface area contributed by atoms with E-state index < -0.39 is 0 Å². The molecule has 0 radical (unpaired) electrons. The van der Waals surface area contributed by atoms with E-state index in [0.717, 1.165) is 11.3 Å². The van der Waals surface area contributed by atoms with Crippen LogP contribution in [0.1, 0.15) is 5.82 Å². The SMILES string of the molecule is CNCc1ncc2c(O)cccn12. The normalized spacial score (nSPS) is 10.8. The molecule has 0 atom stereocenters. The minimum Gasteiger partial charge on any atom is -0.506 e. The van der Waals surface area contributed by atoms with Crippen LogP contribution in [0.4, 0.5) is 0 Å². The molecule has 13 heavy (non-hydrogen) atoms. The molecule has 0 aliphatic rings. The van der Waals surface area contributed by atoms with E-state index in [1.54, 1.807) is 18.3 Å². The van der Waals surface area contributed by atoms with E-state index in [1.165, 1.54) is 0 Å². The molecule has 68 valence electrons. The quantitative estimate of drug-likeness (QED) is 0.712. The van der Waals surface area contributed by atoms with E-state index in [0.29, 0.717) is 6.54 Å². The third-order valence-electron chi connectivity index (χ3n) is 1.96. The Morgan fingerprint density at radius 1 is 1.62 bits per heavy atom. The number of imidazole rings is 1. The molecular weight excluding hydrogens is 166 g/mol. The zero-order valence-electron chi connectivity index (χ0n) is 7.36. The van der Waals surface area contributed by atoms with Gasteiger partial charge in [-0.25, -0.2) is 4.98 Å². The lowest BCUT2D eigenvalue weighted by molar-refractivity contribution is 0.479. The first-order chi connectivity index (χ1) is 6.33. The molecule has 0 aromatic carbocycles. The molecule has 0 spiro atoms. The van der Waals surface area contributed by atoms with Gasteiger partial charge in [0.05, 0.1) is 12.7 Å². The van der Waals surface area contributed by atoms with E-state index in [4.69, 9.17) is 0 Å². The highest BCUT2D eigenvalue weighted by atomic mass is 16.3. The standard InChI is InChI=1S/C9H11N3O/c1-10-6-9-11-5-7-8(13)3-2-4-12(7)9/h2-5,10,13H,6H2,1H3. The number of hydrogen-bond donors (Lipinski definition) is 2. The fraction of sp³-hybridized carbons (Fsp3) is 0.222. The maximum Gasteiger partial charge on any atom is 0.141 e. The molecule has 2 aromatic heterocycles. The smallest absolute Gasteiger partial charge is 0.141 e. The first-order valence-electron chi connectivity index (χ1n) is 4.11. The number of rotatable bonds is 2. The lowest BCUT2D eigenvalue weighted by Gasteiger charge is -2.00. The summed E-state index contributed by atoms with van der Waals surface area (Å²) in [6.45, 7) is 0.692. The third-order valence-corrected chi connectivity index (χ3v) is 1.96. The fourth-order valence-corrected chi connectivity index (χ4v) is 1.35. The van der Waals surface area contributed by atoms with Crippen LogP contribution in [-0.2, 0) is 6.54 Å². The molecule has 0 fully saturated rings. The molecule has 2 N–H and O–H groups in total. The van der Waals surface area contributed by atoms with Gasteiger partial charge in [0.1, 0.15) is 17.1 Å². The van der Waals surface area contributed by atoms with E-state index in [-0.39, 0.29) is 5.75 Å². The predicted molar refractivity (Wildman–Crippen MR) is 49.6 cm³/mol. The van der Waals surface area contributed by atoms with Gasteiger partial charge in [0.25, 0.3) is 0 Å². The van der Waals surface area contributed by atoms with Gasteiger partial charge < -0.3 is 10.4 Å². The summed E-state index contributed by atoms with van der Waals surface area (Å²) in [5, 5.41) is 12.5. The van der Waals surface area contributed by atoms with E-state index in [2.05, 4.69) is 10.3 Å². The molecule has 2 rings (SSSR count). The molecule has 0 bridgehead atoms. The minimum absolute atomic E-state index is 0.261. The summed E-state index contributed by atoms with van der Waals surface area (Å²) < 4.78 is 1.87. The van der Waals surface area contributed by atoms with Crippen molar-refractivity contribution in [3.05, 3.63) is 30.4 Å². The minimum atomic E-state index is 0.261. The van der Waals surface area contributed by atoms with Crippen LogP contribution in [-0.4, -0.2) is 21.5 Å². The van der Waals surface area contributed by atoms with Gasteiger partial charge in [-0.15, -0.1) is 0 Å². The average Bonchev–Trinajstić information content (AvgIpc) is 2.51. The van der Waals surface area contributed by atoms with Crippen LogP contribution < -0.4 is 5.32 Å². The van der Waals surface area contributed by atoms with Gasteiger partial charge in [-0.1, -0.05) is 0 Å². The molecular formula is C9H11N3O. The van der Waals surface area contributed by atoms with E-state index in [9.17, 15) is 5.11 Å². The van der Waals surface area contributed by atoms with Gasteiger partial charge in [0.15, 0.2) is 0 Å². The first-order valence-corrected chi connectivity index (χ1v) is 4.11. The summed E-state index contributed by atoms with van der Waals surface area (Å²) in [4.78, 5) is 4.19. The van der Waals surface area contributed by atoms with Crippen molar-refractivity contribution in [2.45, 2.75) is 6.54 Å². The molecule has 0 amide bonds. The number of hydrogen-bond acceptors (Lipinski definition) is 3. The summed E-state index contributed by atoms with van der Waals surface area (Å²) in [6.07, 6.45) is 3.55. The maximum atomic E-state index is 9.47. The van der Waals surface area contributed by atoms with Crippen molar-refractivity contribution < 1.29 is 5.11 Å². The molecule has 0 aliphatic carbocycles. The van der Waals surface area contributed by atoms with Crippen molar-refractivity contribution in [2.75, 3.05) is 7.05 Å². The van der Waals surface area contributed by atoms with Crippen molar-refractivity contribution in [1.29, 1.82) is 0 Å². The van der Waals surface area contributed by atoms with Gasteiger partial charge >= 0.3 is 0 Å². The van der Waals surface area contributed by atoms with Crippen LogP contribution in [0.2, 0.25) is 0 Å². The molecule has 0 aliphatic heterocycles. The monoisotopic (exact) mass is 177 g/mol. The Kier molecular flexibility index (Phi) is 1.90. The van der Waals surface area contributed by atoms with Crippen LogP contribution in [0.25, 0.3) is 5.52 Å². The highest BCUT2D eigenvalue weighted by Gasteiger charge is 2.04. The van der Waals surface area contributed by atoms with Gasteiger partial charge in [-0.3, -0.25) is 4.40 Å². The number of nitrogens with zero attached hydrogens (tertiary/aromatic N) is 2. The highest BCUT2D eigenvalue weighted by molar-refractivity contribution is 5.58. The average molecular weight is 177 g/mol. The van der Waals surface area contributed by atoms with Gasteiger partial charge in [-0.05, 0) is 19.2 Å². The van der Waals surface area contributed by atoms with Crippen molar-refractivity contribution in [1.82, 2.24) is 14.7 Å². The molecule has 4 nitrogen and oxygen atoms in total. The first kappa shape index (κ1) is 8.07. The Bertz CT molecular complexity index is 422. The van der Waals surface area contributed by atoms with Crippen LogP contribution in [0.15, 0.2) is 24.5 Å². The summed E-state index contributed by atoms with van der Waals surface area (Å²) in [5.74, 6) is 1.16. The molecule has 4 heteroatoms. The summed E-state index contributed by atoms with van der Waals surface area (Å²) in [7, 11) is 1.86. The van der Waals surface area contributed by atoms with Crippen LogP contribution in [0.5, 0.6) is 5.75 Å². The Morgan fingerprint density at radius 3 is 3.23 bits per heavy atom. The second kappa shape index (κ2) is 3.06. The number of pyridine rings is 1. The van der Waals surface area contributed by atoms with Gasteiger partial charge in [0, 0.05) is 6.20 Å². The van der Waals surface area contributed by atoms with Crippen molar-refractivity contribution in [2.24, 2.45) is 0 Å². The highest BCUT2D eigenvalue weighted by Crippen LogP contribution is 2.17. The molecule has 2 aromatic rings. The van der Waals surface area contributed by atoms with E-state index >= 15 is 0 Å². The van der Waals surface area contributed by atoms with Gasteiger partial charge in [0.2, 0.25) is 0 Å². The van der Waals surface area contributed by atoms with Crippen molar-refractivity contribution >= 4 is 5.52 Å². The maximum absolute atomic E-state index is 9.47. The summed E-state index contributed by atoms with van der Waals surface area (Å²) >= 11 is 0. The Balaban J connectivity index is 2.61. The topological polar surface area (TPSA) is 49.6 Å². The molecule has 0 saturated carbocycles. The lowest BCUT2D eigenvalue weighted by Crippen LogP contribution is -2.08. The summed E-state index contributed by atoms with van der Waals surface area (Å²) in [5.41, 5.74) is 0.743. The van der Waals surface area contributed by atoms with Crippen LogP contribution in [0.3, 0.4) is 0 Å². The van der Waals surface area contributed by atoms with Crippen molar-refractivity contribution in [3.8, 4) is 5.75 Å². The fourth-order valence-electron chi connectivity index (χ4n) is 1.35. The number of fused-ring (bicyclic) bond motifs is 1. The number of aromatic hydroxyl groups is 1. The Morgan fingerprint density at radius 2 is 2.46 bits per heavy atom.